The quantitative estimate of drug-likeness (QED) is 0.791. The van der Waals surface area contributed by atoms with Crippen LogP contribution in [0.1, 0.15) is 23.7 Å². The Balaban J connectivity index is 2.01. The van der Waals surface area contributed by atoms with Crippen LogP contribution in [0.15, 0.2) is 18.2 Å². The molecule has 1 aromatic carbocycles. The van der Waals surface area contributed by atoms with Gasteiger partial charge >= 0.3 is 0 Å². The summed E-state index contributed by atoms with van der Waals surface area (Å²) in [4.78, 5) is 12.1. The first-order chi connectivity index (χ1) is 11.0. The molecule has 1 amide bonds. The zero-order valence-electron chi connectivity index (χ0n) is 12.5. The molecular formula is C13H15ClN6O2S. The molecule has 23 heavy (non-hydrogen) atoms. The van der Waals surface area contributed by atoms with Gasteiger partial charge in [0.05, 0.1) is 12.1 Å². The van der Waals surface area contributed by atoms with Crippen LogP contribution in [0.3, 0.4) is 0 Å². The van der Waals surface area contributed by atoms with Crippen molar-refractivity contribution < 1.29 is 9.53 Å². The lowest BCUT2D eigenvalue weighted by Gasteiger charge is -2.10. The van der Waals surface area contributed by atoms with E-state index in [4.69, 9.17) is 28.6 Å². The summed E-state index contributed by atoms with van der Waals surface area (Å²) in [5.41, 5.74) is 0.355. The fraction of sp³-hybridized carbons (Fsp3) is 0.308. The molecule has 2 aromatic rings. The molecule has 0 aliphatic rings. The normalized spacial score (nSPS) is 10.2. The number of halogens is 1. The summed E-state index contributed by atoms with van der Waals surface area (Å²) in [6, 6.07) is 4.69. The maximum atomic E-state index is 12.1. The van der Waals surface area contributed by atoms with E-state index in [1.54, 1.807) is 16.8 Å². The smallest absolute Gasteiger partial charge is 0.257 e. The Morgan fingerprint density at radius 1 is 1.48 bits per heavy atom. The molecule has 10 heteroatoms. The van der Waals surface area contributed by atoms with Gasteiger partial charge in [-0.3, -0.25) is 15.4 Å². The van der Waals surface area contributed by atoms with Gasteiger partial charge in [-0.1, -0.05) is 23.6 Å². The molecule has 0 bridgehead atoms. The Morgan fingerprint density at radius 2 is 2.26 bits per heavy atom. The molecule has 0 spiro atoms. The highest BCUT2D eigenvalue weighted by Gasteiger charge is 2.13. The average Bonchev–Trinajstić information content (AvgIpc) is 2.94. The largest absolute Gasteiger partial charge is 0.495 e. The number of nitrogens with one attached hydrogen (secondary N) is 2. The third-order valence-corrected chi connectivity index (χ3v) is 3.33. The number of tetrazole rings is 1. The Bertz CT molecular complexity index is 720. The molecule has 8 nitrogen and oxygen atoms in total. The SMILES string of the molecule is CCCn1nnnc1NC(=S)NC(=O)c1ccc(OC)c(Cl)c1. The number of thiocarbonyl (C=S) groups is 1. The Hall–Kier alpha value is -2.26. The van der Waals surface area contributed by atoms with Crippen LogP contribution in [0, 0.1) is 0 Å². The summed E-state index contributed by atoms with van der Waals surface area (Å²) < 4.78 is 6.60. The van der Waals surface area contributed by atoms with Gasteiger partial charge in [-0.05, 0) is 47.3 Å². The Labute approximate surface area is 143 Å². The number of ether oxygens (including phenoxy) is 1. The zero-order valence-corrected chi connectivity index (χ0v) is 14.1. The molecule has 0 saturated heterocycles. The first-order valence-electron chi connectivity index (χ1n) is 6.77. The number of amides is 1. The molecular weight excluding hydrogens is 340 g/mol. The topological polar surface area (TPSA) is 94.0 Å². The van der Waals surface area contributed by atoms with Crippen LogP contribution < -0.4 is 15.4 Å². The van der Waals surface area contributed by atoms with Crippen molar-refractivity contribution in [2.24, 2.45) is 0 Å². The van der Waals surface area contributed by atoms with Gasteiger partial charge in [0.15, 0.2) is 5.11 Å². The molecule has 0 aliphatic carbocycles. The molecule has 0 fully saturated rings. The molecule has 0 atom stereocenters. The summed E-state index contributed by atoms with van der Waals surface area (Å²) in [6.07, 6.45) is 0.864. The molecule has 1 heterocycles. The van der Waals surface area contributed by atoms with E-state index >= 15 is 0 Å². The first kappa shape index (κ1) is 17.1. The van der Waals surface area contributed by atoms with Crippen molar-refractivity contribution in [1.29, 1.82) is 0 Å². The number of rotatable bonds is 5. The second kappa shape index (κ2) is 7.84. The van der Waals surface area contributed by atoms with Crippen LogP contribution in [0.5, 0.6) is 5.75 Å². The second-order valence-corrected chi connectivity index (χ2v) is 5.30. The average molecular weight is 355 g/mol. The van der Waals surface area contributed by atoms with Crippen molar-refractivity contribution in [3.63, 3.8) is 0 Å². The Kier molecular flexibility index (Phi) is 5.83. The van der Waals surface area contributed by atoms with Crippen molar-refractivity contribution in [2.75, 3.05) is 12.4 Å². The molecule has 1 aromatic heterocycles. The summed E-state index contributed by atoms with van der Waals surface area (Å²) in [6.45, 7) is 2.64. The van der Waals surface area contributed by atoms with Crippen LogP contribution in [-0.4, -0.2) is 38.3 Å². The van der Waals surface area contributed by atoms with Gasteiger partial charge in [0.1, 0.15) is 5.75 Å². The van der Waals surface area contributed by atoms with E-state index in [1.165, 1.54) is 13.2 Å². The minimum absolute atomic E-state index is 0.0918. The molecule has 0 saturated carbocycles. The number of methoxy groups -OCH3 is 1. The summed E-state index contributed by atoms with van der Waals surface area (Å²) in [7, 11) is 1.50. The van der Waals surface area contributed by atoms with E-state index < -0.39 is 5.91 Å². The van der Waals surface area contributed by atoms with Crippen molar-refractivity contribution in [1.82, 2.24) is 25.5 Å². The molecule has 2 rings (SSSR count). The summed E-state index contributed by atoms with van der Waals surface area (Å²) in [5, 5.41) is 16.9. The van der Waals surface area contributed by atoms with Gasteiger partial charge in [0.25, 0.3) is 5.91 Å². The van der Waals surface area contributed by atoms with Gasteiger partial charge in [0.2, 0.25) is 5.95 Å². The maximum absolute atomic E-state index is 12.1. The van der Waals surface area contributed by atoms with Crippen LogP contribution in [-0.2, 0) is 6.54 Å². The number of benzene rings is 1. The van der Waals surface area contributed by atoms with Crippen molar-refractivity contribution in [3.05, 3.63) is 28.8 Å². The predicted octanol–water partition coefficient (Wildman–Crippen LogP) is 1.87. The second-order valence-electron chi connectivity index (χ2n) is 4.48. The number of carbonyl (C=O) groups excluding carboxylic acids is 1. The van der Waals surface area contributed by atoms with Gasteiger partial charge in [-0.15, -0.1) is 0 Å². The highest BCUT2D eigenvalue weighted by atomic mass is 35.5. The van der Waals surface area contributed by atoms with Crippen molar-refractivity contribution >= 4 is 40.8 Å². The number of nitrogens with zero attached hydrogens (tertiary/aromatic N) is 4. The van der Waals surface area contributed by atoms with Gasteiger partial charge < -0.3 is 4.74 Å². The molecule has 0 radical (unpaired) electrons. The van der Waals surface area contributed by atoms with Crippen LogP contribution in [0.2, 0.25) is 5.02 Å². The third-order valence-electron chi connectivity index (χ3n) is 2.83. The molecule has 122 valence electrons. The fourth-order valence-corrected chi connectivity index (χ4v) is 2.21. The van der Waals surface area contributed by atoms with Crippen molar-refractivity contribution in [3.8, 4) is 5.75 Å². The lowest BCUT2D eigenvalue weighted by atomic mass is 10.2. The van der Waals surface area contributed by atoms with Gasteiger partial charge in [-0.25, -0.2) is 4.68 Å². The first-order valence-corrected chi connectivity index (χ1v) is 7.55. The highest BCUT2D eigenvalue weighted by molar-refractivity contribution is 7.80. The van der Waals surface area contributed by atoms with Gasteiger partial charge in [-0.2, -0.15) is 0 Å². The lowest BCUT2D eigenvalue weighted by Crippen LogP contribution is -2.35. The fourth-order valence-electron chi connectivity index (χ4n) is 1.77. The minimum atomic E-state index is -0.401. The van der Waals surface area contributed by atoms with Crippen LogP contribution in [0.4, 0.5) is 5.95 Å². The summed E-state index contributed by atoms with van der Waals surface area (Å²) in [5.74, 6) is 0.453. The lowest BCUT2D eigenvalue weighted by molar-refractivity contribution is 0.0977. The van der Waals surface area contributed by atoms with E-state index in [9.17, 15) is 4.79 Å². The number of aryl methyl sites for hydroxylation is 1. The number of hydrogen-bond acceptors (Lipinski definition) is 6. The number of anilines is 1. The predicted molar refractivity (Wildman–Crippen MR) is 89.8 cm³/mol. The molecule has 2 N–H and O–H groups in total. The molecule has 0 unspecified atom stereocenters. The third kappa shape index (κ3) is 4.36. The molecule has 0 aliphatic heterocycles. The standard InChI is InChI=1S/C13H15ClN6O2S/c1-3-6-20-12(17-18-19-20)16-13(23)15-11(21)8-4-5-10(22-2)9(14)7-8/h4-5,7H,3,6H2,1-2H3,(H2,15,16,17,19,21,23). The van der Waals surface area contributed by atoms with Gasteiger partial charge in [0, 0.05) is 12.1 Å². The minimum Gasteiger partial charge on any atom is -0.495 e. The Morgan fingerprint density at radius 3 is 2.91 bits per heavy atom. The number of carbonyl (C=O) groups is 1. The summed E-state index contributed by atoms with van der Waals surface area (Å²) >= 11 is 11.1. The van der Waals surface area contributed by atoms with E-state index in [0.29, 0.717) is 28.8 Å². The van der Waals surface area contributed by atoms with Crippen molar-refractivity contribution in [2.45, 2.75) is 19.9 Å². The van der Waals surface area contributed by atoms with E-state index in [0.717, 1.165) is 6.42 Å². The van der Waals surface area contributed by atoms with Crippen LogP contribution in [0.25, 0.3) is 0 Å². The number of aromatic nitrogens is 4. The highest BCUT2D eigenvalue weighted by Crippen LogP contribution is 2.24. The monoisotopic (exact) mass is 354 g/mol. The van der Waals surface area contributed by atoms with E-state index in [2.05, 4.69) is 26.2 Å². The van der Waals surface area contributed by atoms with E-state index in [-0.39, 0.29) is 5.11 Å². The maximum Gasteiger partial charge on any atom is 0.257 e. The zero-order chi connectivity index (χ0) is 16.8. The van der Waals surface area contributed by atoms with E-state index in [1.807, 2.05) is 6.92 Å². The number of hydrogen-bond donors (Lipinski definition) is 2. The van der Waals surface area contributed by atoms with Crippen LogP contribution >= 0.6 is 23.8 Å².